The first-order valence-electron chi connectivity index (χ1n) is 5.90. The lowest BCUT2D eigenvalue weighted by Gasteiger charge is -2.11. The lowest BCUT2D eigenvalue weighted by molar-refractivity contribution is 0.0977. The number of ether oxygens (including phenoxy) is 2. The topological polar surface area (TPSA) is 59.3 Å². The van der Waals surface area contributed by atoms with E-state index < -0.39 is 5.92 Å². The first-order chi connectivity index (χ1) is 9.71. The molecule has 0 fully saturated rings. The van der Waals surface area contributed by atoms with E-state index in [4.69, 9.17) is 9.47 Å². The van der Waals surface area contributed by atoms with Crippen molar-refractivity contribution in [3.05, 3.63) is 46.2 Å². The van der Waals surface area contributed by atoms with Crippen LogP contribution in [-0.2, 0) is 0 Å². The van der Waals surface area contributed by atoms with Gasteiger partial charge in [0.15, 0.2) is 5.78 Å². The molecule has 5 heteroatoms. The summed E-state index contributed by atoms with van der Waals surface area (Å²) in [6.45, 7) is 0. The van der Waals surface area contributed by atoms with Crippen LogP contribution in [0.5, 0.6) is 11.5 Å². The van der Waals surface area contributed by atoms with Crippen molar-refractivity contribution in [1.82, 2.24) is 0 Å². The standard InChI is InChI=1S/C15H13NO3S/c1-18-10-5-6-11(13(8-10)19-2)15(17)12(9-16)14-4-3-7-20-14/h3-8,12H,1-2H3. The number of Topliss-reactive ketones (excluding diaryl/α,β-unsaturated/α-hetero) is 1. The molecular weight excluding hydrogens is 274 g/mol. The Morgan fingerprint density at radius 2 is 2.10 bits per heavy atom. The van der Waals surface area contributed by atoms with Gasteiger partial charge in [0.2, 0.25) is 0 Å². The summed E-state index contributed by atoms with van der Waals surface area (Å²) in [6.07, 6.45) is 0. The molecular formula is C15H13NO3S. The van der Waals surface area contributed by atoms with Crippen LogP contribution < -0.4 is 9.47 Å². The van der Waals surface area contributed by atoms with Gasteiger partial charge in [-0.2, -0.15) is 5.26 Å². The van der Waals surface area contributed by atoms with Gasteiger partial charge in [0.05, 0.1) is 25.9 Å². The van der Waals surface area contributed by atoms with Crippen molar-refractivity contribution in [2.24, 2.45) is 0 Å². The van der Waals surface area contributed by atoms with E-state index in [1.807, 2.05) is 11.4 Å². The van der Waals surface area contributed by atoms with Crippen LogP contribution in [0.15, 0.2) is 35.7 Å². The molecule has 2 aromatic rings. The van der Waals surface area contributed by atoms with Gasteiger partial charge in [0.25, 0.3) is 0 Å². The molecule has 0 bridgehead atoms. The zero-order chi connectivity index (χ0) is 14.5. The molecule has 0 saturated heterocycles. The molecule has 0 aliphatic heterocycles. The fraction of sp³-hybridized carbons (Fsp3) is 0.200. The van der Waals surface area contributed by atoms with Crippen molar-refractivity contribution >= 4 is 17.1 Å². The molecule has 0 aliphatic carbocycles. The number of thiophene rings is 1. The molecule has 4 nitrogen and oxygen atoms in total. The second-order valence-corrected chi connectivity index (χ2v) is 4.99. The molecule has 1 aromatic carbocycles. The minimum Gasteiger partial charge on any atom is -0.497 e. The first-order valence-corrected chi connectivity index (χ1v) is 6.78. The second-order valence-electron chi connectivity index (χ2n) is 4.01. The van der Waals surface area contributed by atoms with Crippen LogP contribution in [0, 0.1) is 11.3 Å². The molecule has 0 saturated carbocycles. The molecule has 1 heterocycles. The minimum atomic E-state index is -0.808. The van der Waals surface area contributed by atoms with Crippen molar-refractivity contribution in [3.8, 4) is 17.6 Å². The third-order valence-electron chi connectivity index (χ3n) is 2.89. The van der Waals surface area contributed by atoms with E-state index in [9.17, 15) is 10.1 Å². The Labute approximate surface area is 121 Å². The summed E-state index contributed by atoms with van der Waals surface area (Å²) >= 11 is 1.39. The van der Waals surface area contributed by atoms with E-state index in [-0.39, 0.29) is 5.78 Å². The van der Waals surface area contributed by atoms with Gasteiger partial charge in [-0.3, -0.25) is 4.79 Å². The fourth-order valence-corrected chi connectivity index (χ4v) is 2.63. The number of hydrogen-bond donors (Lipinski definition) is 0. The minimum absolute atomic E-state index is 0.269. The van der Waals surface area contributed by atoms with Crippen LogP contribution in [0.3, 0.4) is 0 Å². The Morgan fingerprint density at radius 3 is 2.65 bits per heavy atom. The number of methoxy groups -OCH3 is 2. The molecule has 20 heavy (non-hydrogen) atoms. The van der Waals surface area contributed by atoms with Gasteiger partial charge in [0.1, 0.15) is 17.4 Å². The van der Waals surface area contributed by atoms with Gasteiger partial charge < -0.3 is 9.47 Å². The van der Waals surface area contributed by atoms with Gasteiger partial charge in [-0.1, -0.05) is 6.07 Å². The highest BCUT2D eigenvalue weighted by atomic mass is 32.1. The van der Waals surface area contributed by atoms with Crippen LogP contribution in [0.4, 0.5) is 0 Å². The Balaban J connectivity index is 2.40. The van der Waals surface area contributed by atoms with Gasteiger partial charge in [-0.25, -0.2) is 0 Å². The van der Waals surface area contributed by atoms with Crippen molar-refractivity contribution < 1.29 is 14.3 Å². The zero-order valence-corrected chi connectivity index (χ0v) is 11.9. The summed E-state index contributed by atoms with van der Waals surface area (Å²) < 4.78 is 10.3. The van der Waals surface area contributed by atoms with E-state index in [2.05, 4.69) is 6.07 Å². The van der Waals surface area contributed by atoms with Crippen molar-refractivity contribution in [3.63, 3.8) is 0 Å². The van der Waals surface area contributed by atoms with E-state index in [1.165, 1.54) is 18.4 Å². The highest BCUT2D eigenvalue weighted by molar-refractivity contribution is 7.10. The maximum absolute atomic E-state index is 12.5. The van der Waals surface area contributed by atoms with Crippen molar-refractivity contribution in [2.75, 3.05) is 14.2 Å². The molecule has 0 N–H and O–H groups in total. The average molecular weight is 287 g/mol. The maximum Gasteiger partial charge on any atom is 0.189 e. The normalized spacial score (nSPS) is 11.4. The summed E-state index contributed by atoms with van der Waals surface area (Å²) in [5, 5.41) is 11.1. The molecule has 1 aromatic heterocycles. The van der Waals surface area contributed by atoms with Gasteiger partial charge >= 0.3 is 0 Å². The second kappa shape index (κ2) is 6.22. The summed E-state index contributed by atoms with van der Waals surface area (Å²) in [5.41, 5.74) is 0.383. The lowest BCUT2D eigenvalue weighted by atomic mass is 9.96. The van der Waals surface area contributed by atoms with Crippen molar-refractivity contribution in [2.45, 2.75) is 5.92 Å². The summed E-state index contributed by atoms with van der Waals surface area (Å²) in [5.74, 6) is -0.0686. The largest absolute Gasteiger partial charge is 0.497 e. The maximum atomic E-state index is 12.5. The third kappa shape index (κ3) is 2.65. The van der Waals surface area contributed by atoms with Gasteiger partial charge in [0, 0.05) is 10.9 Å². The number of carbonyl (C=O) groups excluding carboxylic acids is 1. The molecule has 0 radical (unpaired) electrons. The number of rotatable bonds is 5. The molecule has 0 aliphatic rings. The average Bonchev–Trinajstić information content (AvgIpc) is 3.01. The molecule has 0 spiro atoms. The van der Waals surface area contributed by atoms with Crippen molar-refractivity contribution in [1.29, 1.82) is 5.26 Å². The molecule has 102 valence electrons. The lowest BCUT2D eigenvalue weighted by Crippen LogP contribution is -2.11. The highest BCUT2D eigenvalue weighted by Gasteiger charge is 2.25. The number of benzene rings is 1. The molecule has 0 amide bonds. The van der Waals surface area contributed by atoms with E-state index in [1.54, 1.807) is 31.4 Å². The summed E-state index contributed by atoms with van der Waals surface area (Å²) in [6, 6.07) is 10.6. The Hall–Kier alpha value is -2.32. The van der Waals surface area contributed by atoms with Crippen LogP contribution >= 0.6 is 11.3 Å². The molecule has 1 unspecified atom stereocenters. The summed E-state index contributed by atoms with van der Waals surface area (Å²) in [4.78, 5) is 13.2. The summed E-state index contributed by atoms with van der Waals surface area (Å²) in [7, 11) is 3.03. The predicted molar refractivity (Wildman–Crippen MR) is 76.5 cm³/mol. The third-order valence-corrected chi connectivity index (χ3v) is 3.83. The number of nitrogens with zero attached hydrogens (tertiary/aromatic N) is 1. The van der Waals surface area contributed by atoms with Crippen LogP contribution in [0.1, 0.15) is 21.2 Å². The number of nitriles is 1. The Bertz CT molecular complexity index is 644. The first kappa shape index (κ1) is 14.1. The van der Waals surface area contributed by atoms with Gasteiger partial charge in [-0.15, -0.1) is 11.3 Å². The number of ketones is 1. The molecule has 2 rings (SSSR count). The van der Waals surface area contributed by atoms with Gasteiger partial charge in [-0.05, 0) is 23.6 Å². The van der Waals surface area contributed by atoms with E-state index in [0.717, 1.165) is 4.88 Å². The van der Waals surface area contributed by atoms with Crippen LogP contribution in [0.25, 0.3) is 0 Å². The monoisotopic (exact) mass is 287 g/mol. The zero-order valence-electron chi connectivity index (χ0n) is 11.1. The van der Waals surface area contributed by atoms with E-state index in [0.29, 0.717) is 17.1 Å². The highest BCUT2D eigenvalue weighted by Crippen LogP contribution is 2.31. The quantitative estimate of drug-likeness (QED) is 0.792. The SMILES string of the molecule is COc1ccc(C(=O)C(C#N)c2cccs2)c(OC)c1. The molecule has 1 atom stereocenters. The van der Waals surface area contributed by atoms with E-state index >= 15 is 0 Å². The fourth-order valence-electron chi connectivity index (χ4n) is 1.86. The predicted octanol–water partition coefficient (Wildman–Crippen LogP) is 3.26. The Kier molecular flexibility index (Phi) is 4.38. The Morgan fingerprint density at radius 1 is 1.30 bits per heavy atom. The number of hydrogen-bond acceptors (Lipinski definition) is 5. The van der Waals surface area contributed by atoms with Crippen LogP contribution in [0.2, 0.25) is 0 Å². The van der Waals surface area contributed by atoms with Crippen LogP contribution in [-0.4, -0.2) is 20.0 Å². The smallest absolute Gasteiger partial charge is 0.189 e. The number of carbonyl (C=O) groups is 1.